The van der Waals surface area contributed by atoms with Gasteiger partial charge in [-0.05, 0) is 54.8 Å². The van der Waals surface area contributed by atoms with E-state index in [-0.39, 0.29) is 29.7 Å². The molecule has 188 valence electrons. The fourth-order valence-electron chi connectivity index (χ4n) is 5.29. The van der Waals surface area contributed by atoms with Crippen molar-refractivity contribution in [2.45, 2.75) is 44.9 Å². The number of phenolic OH excluding ortho intramolecular Hbond substituents is 1. The Morgan fingerprint density at radius 2 is 1.75 bits per heavy atom. The zero-order valence-corrected chi connectivity index (χ0v) is 20.6. The smallest absolute Gasteiger partial charge is 0.242 e. The summed E-state index contributed by atoms with van der Waals surface area (Å²) in [7, 11) is 0. The minimum Gasteiger partial charge on any atom is -0.508 e. The molecule has 0 spiro atoms. The lowest BCUT2D eigenvalue weighted by Gasteiger charge is -2.32. The number of likely N-dealkylation sites (tertiary alicyclic amines) is 1. The minimum atomic E-state index is -0.437. The van der Waals surface area contributed by atoms with Crippen LogP contribution in [-0.4, -0.2) is 40.2 Å². The average Bonchev–Trinajstić information content (AvgIpc) is 3.43. The Morgan fingerprint density at radius 3 is 2.50 bits per heavy atom. The molecule has 4 unspecified atom stereocenters. The molecule has 1 aromatic heterocycles. The summed E-state index contributed by atoms with van der Waals surface area (Å²) in [5.41, 5.74) is 9.23. The van der Waals surface area contributed by atoms with Crippen molar-refractivity contribution in [3.8, 4) is 17.2 Å². The van der Waals surface area contributed by atoms with Crippen LogP contribution in [0.1, 0.15) is 49.0 Å². The zero-order valence-electron chi connectivity index (χ0n) is 20.6. The third-order valence-electron chi connectivity index (χ3n) is 6.86. The van der Waals surface area contributed by atoms with Crippen LogP contribution in [-0.2, 0) is 11.3 Å². The molecule has 3 heterocycles. The molecule has 0 bridgehead atoms. The molecule has 2 aliphatic heterocycles. The van der Waals surface area contributed by atoms with E-state index in [4.69, 9.17) is 9.47 Å². The molecule has 0 radical (unpaired) electrons. The van der Waals surface area contributed by atoms with Gasteiger partial charge in [0.05, 0.1) is 25.3 Å². The minimum absolute atomic E-state index is 0.0107. The number of hydrogen-bond acceptors (Lipinski definition) is 7. The van der Waals surface area contributed by atoms with Crippen LogP contribution in [0.25, 0.3) is 0 Å². The lowest BCUT2D eigenvalue weighted by Crippen LogP contribution is -2.41. The highest BCUT2D eigenvalue weighted by atomic mass is 16.5. The fraction of sp³-hybridized carbons (Fsp3) is 0.357. The van der Waals surface area contributed by atoms with E-state index in [1.54, 1.807) is 24.5 Å². The maximum Gasteiger partial charge on any atom is 0.242 e. The van der Waals surface area contributed by atoms with Gasteiger partial charge in [-0.15, -0.1) is 0 Å². The van der Waals surface area contributed by atoms with E-state index in [1.165, 1.54) is 0 Å². The van der Waals surface area contributed by atoms with Gasteiger partial charge < -0.3 is 19.5 Å². The highest BCUT2D eigenvalue weighted by Gasteiger charge is 2.55. The molecule has 4 atom stereocenters. The van der Waals surface area contributed by atoms with Crippen molar-refractivity contribution in [2.75, 3.05) is 13.2 Å². The van der Waals surface area contributed by atoms with Crippen molar-refractivity contribution >= 4 is 5.91 Å². The Morgan fingerprint density at radius 1 is 0.972 bits per heavy atom. The number of nitrogens with zero attached hydrogens (tertiary/aromatic N) is 2. The molecule has 2 aliphatic rings. The first-order valence-electron chi connectivity index (χ1n) is 12.5. The maximum atomic E-state index is 13.7. The van der Waals surface area contributed by atoms with Gasteiger partial charge in [0.15, 0.2) is 11.5 Å². The highest BCUT2D eigenvalue weighted by Crippen LogP contribution is 2.50. The van der Waals surface area contributed by atoms with Crippen molar-refractivity contribution in [1.29, 1.82) is 0 Å². The van der Waals surface area contributed by atoms with Gasteiger partial charge in [0.25, 0.3) is 0 Å². The standard InChI is InChI=1S/C28H32N4O4/c1-3-15-36-22-10-9-19(16-23(22)35-4-2)27-24-25(20-7-5-6-8-21(20)33)30-31-26(24)28(34)32(27)17-18-11-13-29-14-12-18/h5-14,16,24-27,30-31,33H,3-4,15,17H2,1-2H3. The van der Waals surface area contributed by atoms with E-state index in [0.29, 0.717) is 31.3 Å². The molecule has 2 saturated heterocycles. The molecular weight excluding hydrogens is 456 g/mol. The number of ether oxygens (including phenoxy) is 2. The van der Waals surface area contributed by atoms with Crippen LogP contribution in [0.5, 0.6) is 17.2 Å². The van der Waals surface area contributed by atoms with Crippen LogP contribution in [0.3, 0.4) is 0 Å². The fourth-order valence-corrected chi connectivity index (χ4v) is 5.29. The Kier molecular flexibility index (Phi) is 7.06. The van der Waals surface area contributed by atoms with Gasteiger partial charge in [-0.1, -0.05) is 31.2 Å². The molecule has 3 aromatic rings. The number of aromatic nitrogens is 1. The summed E-state index contributed by atoms with van der Waals surface area (Å²) in [6.45, 7) is 5.57. The number of carbonyl (C=O) groups excluding carboxylic acids is 1. The summed E-state index contributed by atoms with van der Waals surface area (Å²) in [5, 5.41) is 10.6. The number of fused-ring (bicyclic) bond motifs is 1. The first-order valence-corrected chi connectivity index (χ1v) is 12.5. The van der Waals surface area contributed by atoms with Crippen molar-refractivity contribution in [3.63, 3.8) is 0 Å². The average molecular weight is 489 g/mol. The largest absolute Gasteiger partial charge is 0.508 e. The summed E-state index contributed by atoms with van der Waals surface area (Å²) in [5.74, 6) is 1.42. The third kappa shape index (κ3) is 4.50. The predicted octanol–water partition coefficient (Wildman–Crippen LogP) is 3.89. The first-order chi connectivity index (χ1) is 17.6. The van der Waals surface area contributed by atoms with Crippen molar-refractivity contribution in [3.05, 3.63) is 83.7 Å². The summed E-state index contributed by atoms with van der Waals surface area (Å²) < 4.78 is 11.9. The molecule has 0 aliphatic carbocycles. The molecule has 2 aromatic carbocycles. The van der Waals surface area contributed by atoms with Gasteiger partial charge in [-0.2, -0.15) is 0 Å². The number of hydrogen-bond donors (Lipinski definition) is 3. The molecule has 8 heteroatoms. The molecule has 5 rings (SSSR count). The lowest BCUT2D eigenvalue weighted by molar-refractivity contribution is -0.131. The van der Waals surface area contributed by atoms with Crippen LogP contribution < -0.4 is 20.3 Å². The predicted molar refractivity (Wildman–Crippen MR) is 135 cm³/mol. The summed E-state index contributed by atoms with van der Waals surface area (Å²) in [6.07, 6.45) is 4.38. The summed E-state index contributed by atoms with van der Waals surface area (Å²) >= 11 is 0. The second kappa shape index (κ2) is 10.6. The quantitative estimate of drug-likeness (QED) is 0.421. The second-order valence-corrected chi connectivity index (χ2v) is 9.13. The Balaban J connectivity index is 1.58. The van der Waals surface area contributed by atoms with Crippen LogP contribution in [0.4, 0.5) is 0 Å². The van der Waals surface area contributed by atoms with Gasteiger partial charge in [0.2, 0.25) is 5.91 Å². The van der Waals surface area contributed by atoms with Crippen LogP contribution in [0, 0.1) is 5.92 Å². The maximum absolute atomic E-state index is 13.7. The van der Waals surface area contributed by atoms with Gasteiger partial charge in [0.1, 0.15) is 11.8 Å². The number of rotatable bonds is 9. The number of nitrogens with one attached hydrogen (secondary N) is 2. The number of amides is 1. The zero-order chi connectivity index (χ0) is 25.1. The van der Waals surface area contributed by atoms with Crippen LogP contribution in [0.15, 0.2) is 67.0 Å². The number of pyridine rings is 1. The Labute approximate surface area is 211 Å². The third-order valence-corrected chi connectivity index (χ3v) is 6.86. The number of aromatic hydroxyl groups is 1. The number of phenols is 1. The Hall–Kier alpha value is -3.62. The number of hydrazine groups is 1. The summed E-state index contributed by atoms with van der Waals surface area (Å²) in [4.78, 5) is 19.8. The van der Waals surface area contributed by atoms with Crippen molar-refractivity contribution in [2.24, 2.45) is 5.92 Å². The van der Waals surface area contributed by atoms with E-state index in [0.717, 1.165) is 23.1 Å². The number of carbonyl (C=O) groups is 1. The molecule has 8 nitrogen and oxygen atoms in total. The van der Waals surface area contributed by atoms with Crippen LogP contribution >= 0.6 is 0 Å². The topological polar surface area (TPSA) is 96.0 Å². The number of benzene rings is 2. The molecule has 0 saturated carbocycles. The second-order valence-electron chi connectivity index (χ2n) is 9.13. The molecule has 36 heavy (non-hydrogen) atoms. The molecular formula is C28H32N4O4. The van der Waals surface area contributed by atoms with Crippen LogP contribution in [0.2, 0.25) is 0 Å². The monoisotopic (exact) mass is 488 g/mol. The van der Waals surface area contributed by atoms with E-state index in [1.807, 2.05) is 54.3 Å². The Bertz CT molecular complexity index is 1210. The molecule has 1 amide bonds. The number of para-hydroxylation sites is 1. The highest BCUT2D eigenvalue weighted by molar-refractivity contribution is 5.86. The molecule has 3 N–H and O–H groups in total. The first kappa shape index (κ1) is 24.1. The summed E-state index contributed by atoms with van der Waals surface area (Å²) in [6, 6.07) is 16.1. The van der Waals surface area contributed by atoms with E-state index < -0.39 is 6.04 Å². The van der Waals surface area contributed by atoms with Gasteiger partial charge in [-0.25, -0.2) is 10.9 Å². The van der Waals surface area contributed by atoms with E-state index >= 15 is 0 Å². The van der Waals surface area contributed by atoms with E-state index in [2.05, 4.69) is 22.8 Å². The SMILES string of the molecule is CCCOc1ccc(C2C3C(NNC3c3ccccc3O)C(=O)N2Cc2ccncc2)cc1OCC. The van der Waals surface area contributed by atoms with Gasteiger partial charge in [0, 0.05) is 30.4 Å². The van der Waals surface area contributed by atoms with Crippen molar-refractivity contribution in [1.82, 2.24) is 20.7 Å². The molecule has 2 fully saturated rings. The lowest BCUT2D eigenvalue weighted by atomic mass is 9.83. The van der Waals surface area contributed by atoms with Gasteiger partial charge >= 0.3 is 0 Å². The van der Waals surface area contributed by atoms with Gasteiger partial charge in [-0.3, -0.25) is 9.78 Å². The van der Waals surface area contributed by atoms with Crippen molar-refractivity contribution < 1.29 is 19.4 Å². The van der Waals surface area contributed by atoms with E-state index in [9.17, 15) is 9.90 Å². The normalized spacial score (nSPS) is 23.1.